The van der Waals surface area contributed by atoms with Gasteiger partial charge in [0.15, 0.2) is 0 Å². The molecule has 6 heteroatoms. The molecule has 6 N–H and O–H groups in total. The van der Waals surface area contributed by atoms with Crippen LogP contribution in [0.4, 0.5) is 5.69 Å². The zero-order chi connectivity index (χ0) is 14.8. The van der Waals surface area contributed by atoms with Gasteiger partial charge in [0.05, 0.1) is 24.3 Å². The van der Waals surface area contributed by atoms with Crippen molar-refractivity contribution >= 4 is 22.5 Å². The van der Waals surface area contributed by atoms with E-state index in [0.29, 0.717) is 17.7 Å². The van der Waals surface area contributed by atoms with Crippen molar-refractivity contribution in [1.29, 1.82) is 0 Å². The fraction of sp³-hybridized carbons (Fsp3) is 0.357. The number of hydrogen-bond donors (Lipinski definition) is 5. The van der Waals surface area contributed by atoms with Crippen LogP contribution in [0, 0.1) is 0 Å². The second-order valence-electron chi connectivity index (χ2n) is 4.91. The minimum atomic E-state index is -1.01. The van der Waals surface area contributed by atoms with Crippen molar-refractivity contribution in [1.82, 2.24) is 10.3 Å². The number of aromatic amines is 1. The third-order valence-corrected chi connectivity index (χ3v) is 3.61. The van der Waals surface area contributed by atoms with Crippen molar-refractivity contribution in [3.8, 4) is 0 Å². The van der Waals surface area contributed by atoms with E-state index in [1.165, 1.54) is 0 Å². The topological polar surface area (TPSA) is 111 Å². The summed E-state index contributed by atoms with van der Waals surface area (Å²) in [5.41, 5.74) is 6.52. The zero-order valence-corrected chi connectivity index (χ0v) is 11.3. The van der Waals surface area contributed by atoms with Crippen molar-refractivity contribution in [3.05, 3.63) is 30.0 Å². The van der Waals surface area contributed by atoms with E-state index in [1.807, 2.05) is 0 Å². The lowest BCUT2D eigenvalue weighted by atomic mass is 9.97. The predicted molar refractivity (Wildman–Crippen MR) is 77.4 cm³/mol. The van der Waals surface area contributed by atoms with Crippen LogP contribution in [0.15, 0.2) is 24.4 Å². The molecule has 0 spiro atoms. The Morgan fingerprint density at radius 3 is 2.70 bits per heavy atom. The van der Waals surface area contributed by atoms with E-state index >= 15 is 0 Å². The van der Waals surface area contributed by atoms with Gasteiger partial charge in [0, 0.05) is 22.8 Å². The molecule has 0 fully saturated rings. The Bertz CT molecular complexity index is 609. The average Bonchev–Trinajstić information content (AvgIpc) is 2.87. The molecule has 0 aliphatic rings. The lowest BCUT2D eigenvalue weighted by Gasteiger charge is -2.29. The molecule has 1 amide bonds. The van der Waals surface area contributed by atoms with Crippen molar-refractivity contribution in [2.75, 3.05) is 18.9 Å². The molecule has 1 aromatic carbocycles. The Labute approximate surface area is 116 Å². The van der Waals surface area contributed by atoms with Gasteiger partial charge in [-0.2, -0.15) is 0 Å². The summed E-state index contributed by atoms with van der Waals surface area (Å²) < 4.78 is 0. The van der Waals surface area contributed by atoms with Crippen molar-refractivity contribution in [2.45, 2.75) is 18.9 Å². The lowest BCUT2D eigenvalue weighted by molar-refractivity contribution is 0.0654. The van der Waals surface area contributed by atoms with Crippen molar-refractivity contribution in [3.63, 3.8) is 0 Å². The summed E-state index contributed by atoms with van der Waals surface area (Å²) >= 11 is 0. The lowest BCUT2D eigenvalue weighted by Crippen LogP contribution is -2.53. The van der Waals surface area contributed by atoms with Gasteiger partial charge >= 0.3 is 0 Å². The molecular weight excluding hydrogens is 258 g/mol. The Hall–Kier alpha value is -2.05. The SMILES string of the molecule is CCC(CO)(CO)NC(=O)c1c[nH]c2cc(N)ccc12. The summed E-state index contributed by atoms with van der Waals surface area (Å²) in [7, 11) is 0. The molecule has 2 aromatic rings. The van der Waals surface area contributed by atoms with Gasteiger partial charge in [-0.05, 0) is 24.6 Å². The highest BCUT2D eigenvalue weighted by Gasteiger charge is 2.29. The van der Waals surface area contributed by atoms with Gasteiger partial charge < -0.3 is 26.2 Å². The van der Waals surface area contributed by atoms with Crippen LogP contribution in [0.2, 0.25) is 0 Å². The summed E-state index contributed by atoms with van der Waals surface area (Å²) in [4.78, 5) is 15.3. The van der Waals surface area contributed by atoms with Crippen molar-refractivity contribution in [2.24, 2.45) is 0 Å². The van der Waals surface area contributed by atoms with E-state index in [2.05, 4.69) is 10.3 Å². The molecule has 0 radical (unpaired) electrons. The van der Waals surface area contributed by atoms with Crippen LogP contribution in [0.25, 0.3) is 10.9 Å². The molecule has 1 aromatic heterocycles. The van der Waals surface area contributed by atoms with Gasteiger partial charge in [-0.15, -0.1) is 0 Å². The largest absolute Gasteiger partial charge is 0.399 e. The molecule has 0 aliphatic carbocycles. The standard InChI is InChI=1S/C14H19N3O3/c1-2-14(7-18,8-19)17-13(20)11-6-16-12-5-9(15)3-4-10(11)12/h3-6,16,18-19H,2,7-8,15H2,1H3,(H,17,20). The number of carbonyl (C=O) groups excluding carboxylic acids is 1. The van der Waals surface area contributed by atoms with E-state index in [9.17, 15) is 15.0 Å². The summed E-state index contributed by atoms with van der Waals surface area (Å²) in [6, 6.07) is 5.23. The number of hydrogen-bond acceptors (Lipinski definition) is 4. The maximum atomic E-state index is 12.3. The van der Waals surface area contributed by atoms with Gasteiger partial charge in [-0.25, -0.2) is 0 Å². The number of anilines is 1. The molecular formula is C14H19N3O3. The predicted octanol–water partition coefficient (Wildman–Crippen LogP) is 0.613. The Kier molecular flexibility index (Phi) is 3.96. The maximum Gasteiger partial charge on any atom is 0.254 e. The fourth-order valence-corrected chi connectivity index (χ4v) is 2.08. The van der Waals surface area contributed by atoms with Crippen LogP contribution < -0.4 is 11.1 Å². The van der Waals surface area contributed by atoms with Crippen molar-refractivity contribution < 1.29 is 15.0 Å². The number of fused-ring (bicyclic) bond motifs is 1. The highest BCUT2D eigenvalue weighted by molar-refractivity contribution is 6.07. The molecule has 0 saturated heterocycles. The number of rotatable bonds is 5. The quantitative estimate of drug-likeness (QED) is 0.516. The molecule has 2 rings (SSSR count). The highest BCUT2D eigenvalue weighted by atomic mass is 16.3. The van der Waals surface area contributed by atoms with Gasteiger partial charge in [0.1, 0.15) is 0 Å². The van der Waals surface area contributed by atoms with E-state index in [0.717, 1.165) is 10.9 Å². The molecule has 6 nitrogen and oxygen atoms in total. The van der Waals surface area contributed by atoms with Gasteiger partial charge in [0.2, 0.25) is 0 Å². The highest BCUT2D eigenvalue weighted by Crippen LogP contribution is 2.21. The summed E-state index contributed by atoms with van der Waals surface area (Å²) in [6.07, 6.45) is 2.02. The smallest absolute Gasteiger partial charge is 0.254 e. The molecule has 0 aliphatic heterocycles. The molecule has 1 heterocycles. The number of benzene rings is 1. The van der Waals surface area contributed by atoms with Crippen LogP contribution in [-0.2, 0) is 0 Å². The minimum Gasteiger partial charge on any atom is -0.399 e. The Balaban J connectivity index is 2.32. The van der Waals surface area contributed by atoms with Crippen LogP contribution in [0.5, 0.6) is 0 Å². The number of aliphatic hydroxyl groups excluding tert-OH is 2. The first-order valence-electron chi connectivity index (χ1n) is 6.46. The molecule has 0 unspecified atom stereocenters. The fourth-order valence-electron chi connectivity index (χ4n) is 2.08. The second kappa shape index (κ2) is 5.52. The number of H-pyrrole nitrogens is 1. The molecule has 108 valence electrons. The molecule has 0 saturated carbocycles. The number of nitrogens with two attached hydrogens (primary N) is 1. The number of carbonyl (C=O) groups is 1. The summed E-state index contributed by atoms with van der Waals surface area (Å²) in [5.74, 6) is -0.342. The van der Waals surface area contributed by atoms with Crippen LogP contribution in [-0.4, -0.2) is 39.9 Å². The monoisotopic (exact) mass is 277 g/mol. The zero-order valence-electron chi connectivity index (χ0n) is 11.3. The third-order valence-electron chi connectivity index (χ3n) is 3.61. The van der Waals surface area contributed by atoms with E-state index in [-0.39, 0.29) is 19.1 Å². The van der Waals surface area contributed by atoms with E-state index in [1.54, 1.807) is 31.3 Å². The molecule has 0 atom stereocenters. The van der Waals surface area contributed by atoms with Crippen LogP contribution in [0.3, 0.4) is 0 Å². The normalized spacial score (nSPS) is 11.8. The molecule has 0 bridgehead atoms. The van der Waals surface area contributed by atoms with E-state index < -0.39 is 5.54 Å². The van der Waals surface area contributed by atoms with Crippen LogP contribution >= 0.6 is 0 Å². The first-order chi connectivity index (χ1) is 9.55. The Morgan fingerprint density at radius 2 is 2.10 bits per heavy atom. The minimum absolute atomic E-state index is 0.318. The number of nitrogen functional groups attached to an aromatic ring is 1. The average molecular weight is 277 g/mol. The first kappa shape index (κ1) is 14.4. The number of aromatic nitrogens is 1. The maximum absolute atomic E-state index is 12.3. The first-order valence-corrected chi connectivity index (χ1v) is 6.46. The van der Waals surface area contributed by atoms with Gasteiger partial charge in [-0.1, -0.05) is 6.92 Å². The number of amides is 1. The number of aliphatic hydroxyl groups is 2. The van der Waals surface area contributed by atoms with E-state index in [4.69, 9.17) is 5.73 Å². The van der Waals surface area contributed by atoms with Gasteiger partial charge in [0.25, 0.3) is 5.91 Å². The van der Waals surface area contributed by atoms with Gasteiger partial charge in [-0.3, -0.25) is 4.79 Å². The van der Waals surface area contributed by atoms with Crippen LogP contribution in [0.1, 0.15) is 23.7 Å². The summed E-state index contributed by atoms with van der Waals surface area (Å²) in [5, 5.41) is 22.2. The number of nitrogens with one attached hydrogen (secondary N) is 2. The second-order valence-corrected chi connectivity index (χ2v) is 4.91. The Morgan fingerprint density at radius 1 is 1.40 bits per heavy atom. The third kappa shape index (κ3) is 2.48. The summed E-state index contributed by atoms with van der Waals surface area (Å²) in [6.45, 7) is 1.16. The molecule has 20 heavy (non-hydrogen) atoms.